The molecule has 3 N–H and O–H groups in total. The van der Waals surface area contributed by atoms with Crippen molar-refractivity contribution in [3.8, 4) is 0 Å². The predicted octanol–water partition coefficient (Wildman–Crippen LogP) is 0.574. The molecule has 0 aliphatic carbocycles. The van der Waals surface area contributed by atoms with Crippen molar-refractivity contribution in [2.75, 3.05) is 0 Å². The summed E-state index contributed by atoms with van der Waals surface area (Å²) in [5.74, 6) is 0. The zero-order valence-corrected chi connectivity index (χ0v) is 10.3. The van der Waals surface area contributed by atoms with Crippen LogP contribution in [0, 0.1) is 0 Å². The molecule has 2 aromatic carbocycles. The summed E-state index contributed by atoms with van der Waals surface area (Å²) in [5, 5.41) is 27.8. The first-order chi connectivity index (χ1) is 9.16. The van der Waals surface area contributed by atoms with Gasteiger partial charge in [0.1, 0.15) is 0 Å². The van der Waals surface area contributed by atoms with Crippen LogP contribution in [0.1, 0.15) is 17.4 Å². The molecule has 19 heavy (non-hydrogen) atoms. The number of aliphatic hydroxyl groups excluding tert-OH is 1. The van der Waals surface area contributed by atoms with Crippen LogP contribution in [-0.2, 0) is 11.3 Å². The number of hydrogen-bond donors (Lipinski definition) is 3. The summed E-state index contributed by atoms with van der Waals surface area (Å²) >= 11 is 0. The van der Waals surface area contributed by atoms with Crippen LogP contribution < -0.4 is 5.46 Å². The van der Waals surface area contributed by atoms with Crippen LogP contribution in [0.4, 0.5) is 0 Å². The Labute approximate surface area is 112 Å². The van der Waals surface area contributed by atoms with Gasteiger partial charge in [0.05, 0.1) is 6.61 Å². The Morgan fingerprint density at radius 1 is 0.947 bits per heavy atom. The molecule has 4 nitrogen and oxygen atoms in total. The summed E-state index contributed by atoms with van der Waals surface area (Å²) in [6.45, 7) is 0.312. The highest BCUT2D eigenvalue weighted by atomic mass is 16.6. The van der Waals surface area contributed by atoms with Gasteiger partial charge in [-0.05, 0) is 11.0 Å². The summed E-state index contributed by atoms with van der Waals surface area (Å²) in [5.41, 5.74) is 1.92. The van der Waals surface area contributed by atoms with Crippen LogP contribution >= 0.6 is 0 Å². The van der Waals surface area contributed by atoms with E-state index in [1.54, 1.807) is 12.1 Å². The van der Waals surface area contributed by atoms with E-state index in [-0.39, 0.29) is 0 Å². The lowest BCUT2D eigenvalue weighted by Crippen LogP contribution is -2.29. The molecule has 5 heteroatoms. The maximum Gasteiger partial charge on any atom is 0.488 e. The van der Waals surface area contributed by atoms with Crippen LogP contribution in [0.3, 0.4) is 0 Å². The van der Waals surface area contributed by atoms with E-state index in [1.165, 1.54) is 12.1 Å². The number of ether oxygens (including phenoxy) is 1. The Morgan fingerprint density at radius 2 is 1.58 bits per heavy atom. The second kappa shape index (κ2) is 6.49. The quantitative estimate of drug-likeness (QED) is 0.541. The van der Waals surface area contributed by atoms with E-state index in [9.17, 15) is 5.11 Å². The molecule has 0 radical (unpaired) electrons. The van der Waals surface area contributed by atoms with Crippen LogP contribution in [0.2, 0.25) is 0 Å². The van der Waals surface area contributed by atoms with Crippen LogP contribution in [0.5, 0.6) is 0 Å². The molecule has 0 bridgehead atoms. The SMILES string of the molecule is OB(O)c1ccc(C(O)OCc2ccccc2)cc1. The van der Waals surface area contributed by atoms with E-state index in [1.807, 2.05) is 30.3 Å². The van der Waals surface area contributed by atoms with Crippen LogP contribution in [0.25, 0.3) is 0 Å². The maximum absolute atomic E-state index is 9.86. The summed E-state index contributed by atoms with van der Waals surface area (Å²) in [6.07, 6.45) is -1.04. The zero-order valence-electron chi connectivity index (χ0n) is 10.3. The van der Waals surface area contributed by atoms with Gasteiger partial charge in [-0.1, -0.05) is 54.6 Å². The minimum Gasteiger partial charge on any atom is -0.423 e. The monoisotopic (exact) mass is 258 g/mol. The Hall–Kier alpha value is -1.66. The fourth-order valence-electron chi connectivity index (χ4n) is 1.68. The summed E-state index contributed by atoms with van der Waals surface area (Å²) in [6, 6.07) is 15.8. The molecule has 0 aliphatic heterocycles. The predicted molar refractivity (Wildman–Crippen MR) is 72.5 cm³/mol. The molecule has 0 saturated heterocycles. The molecule has 2 rings (SSSR count). The van der Waals surface area contributed by atoms with Gasteiger partial charge >= 0.3 is 7.12 Å². The Balaban J connectivity index is 1.94. The minimum absolute atomic E-state index is 0.312. The first kappa shape index (κ1) is 13.8. The van der Waals surface area contributed by atoms with Crippen LogP contribution in [-0.4, -0.2) is 22.3 Å². The van der Waals surface area contributed by atoms with E-state index in [4.69, 9.17) is 14.8 Å². The third kappa shape index (κ3) is 3.91. The number of rotatable bonds is 5. The highest BCUT2D eigenvalue weighted by Gasteiger charge is 2.12. The second-order valence-corrected chi connectivity index (χ2v) is 4.19. The highest BCUT2D eigenvalue weighted by Crippen LogP contribution is 2.15. The van der Waals surface area contributed by atoms with Crippen molar-refractivity contribution in [1.29, 1.82) is 0 Å². The molecule has 98 valence electrons. The summed E-state index contributed by atoms with van der Waals surface area (Å²) in [4.78, 5) is 0. The zero-order chi connectivity index (χ0) is 13.7. The van der Waals surface area contributed by atoms with Crippen LogP contribution in [0.15, 0.2) is 54.6 Å². The highest BCUT2D eigenvalue weighted by molar-refractivity contribution is 6.58. The number of aliphatic hydroxyl groups is 1. The van der Waals surface area contributed by atoms with Gasteiger partial charge in [-0.2, -0.15) is 0 Å². The molecule has 0 aliphatic rings. The Bertz CT molecular complexity index is 499. The smallest absolute Gasteiger partial charge is 0.423 e. The number of hydrogen-bond acceptors (Lipinski definition) is 4. The average Bonchev–Trinajstić information content (AvgIpc) is 2.46. The molecule has 1 atom stereocenters. The Kier molecular flexibility index (Phi) is 4.71. The normalized spacial score (nSPS) is 12.2. The molecule has 0 aromatic heterocycles. The van der Waals surface area contributed by atoms with E-state index < -0.39 is 13.4 Å². The minimum atomic E-state index is -1.50. The summed E-state index contributed by atoms with van der Waals surface area (Å²) < 4.78 is 5.34. The second-order valence-electron chi connectivity index (χ2n) is 4.19. The van der Waals surface area contributed by atoms with Gasteiger partial charge in [0, 0.05) is 5.56 Å². The van der Waals surface area contributed by atoms with E-state index in [2.05, 4.69) is 0 Å². The van der Waals surface area contributed by atoms with Gasteiger partial charge in [0.2, 0.25) is 0 Å². The van der Waals surface area contributed by atoms with Crippen molar-refractivity contribution in [1.82, 2.24) is 0 Å². The van der Waals surface area contributed by atoms with Gasteiger partial charge < -0.3 is 19.9 Å². The standard InChI is InChI=1S/C14H15BO4/c16-14(19-10-11-4-2-1-3-5-11)12-6-8-13(9-7-12)15(17)18/h1-9,14,16-18H,10H2. The lowest BCUT2D eigenvalue weighted by atomic mass is 9.80. The summed E-state index contributed by atoms with van der Waals surface area (Å²) in [7, 11) is -1.50. The number of benzene rings is 2. The molecule has 0 saturated carbocycles. The van der Waals surface area contributed by atoms with Gasteiger partial charge in [-0.3, -0.25) is 0 Å². The fourth-order valence-corrected chi connectivity index (χ4v) is 1.68. The van der Waals surface area contributed by atoms with Gasteiger partial charge in [0.15, 0.2) is 6.29 Å². The van der Waals surface area contributed by atoms with Crippen molar-refractivity contribution in [3.63, 3.8) is 0 Å². The molecular weight excluding hydrogens is 243 g/mol. The van der Waals surface area contributed by atoms with E-state index in [0.717, 1.165) is 5.56 Å². The third-order valence-corrected chi connectivity index (χ3v) is 2.77. The van der Waals surface area contributed by atoms with Crippen molar-refractivity contribution < 1.29 is 19.9 Å². The Morgan fingerprint density at radius 3 is 2.16 bits per heavy atom. The maximum atomic E-state index is 9.86. The van der Waals surface area contributed by atoms with Crippen molar-refractivity contribution >= 4 is 12.6 Å². The van der Waals surface area contributed by atoms with Gasteiger partial charge in [-0.15, -0.1) is 0 Å². The lowest BCUT2D eigenvalue weighted by molar-refractivity contribution is -0.111. The molecule has 2 aromatic rings. The first-order valence-electron chi connectivity index (χ1n) is 5.96. The lowest BCUT2D eigenvalue weighted by Gasteiger charge is -2.13. The van der Waals surface area contributed by atoms with E-state index in [0.29, 0.717) is 17.6 Å². The van der Waals surface area contributed by atoms with Crippen molar-refractivity contribution in [2.24, 2.45) is 0 Å². The third-order valence-electron chi connectivity index (χ3n) is 2.77. The van der Waals surface area contributed by atoms with Crippen molar-refractivity contribution in [2.45, 2.75) is 12.9 Å². The van der Waals surface area contributed by atoms with Gasteiger partial charge in [-0.25, -0.2) is 0 Å². The molecule has 0 amide bonds. The fraction of sp³-hybridized carbons (Fsp3) is 0.143. The molecule has 0 fully saturated rings. The molecule has 0 spiro atoms. The molecule has 0 heterocycles. The van der Waals surface area contributed by atoms with E-state index >= 15 is 0 Å². The topological polar surface area (TPSA) is 69.9 Å². The molecule has 1 unspecified atom stereocenters. The van der Waals surface area contributed by atoms with Gasteiger partial charge in [0.25, 0.3) is 0 Å². The largest absolute Gasteiger partial charge is 0.488 e. The van der Waals surface area contributed by atoms with Crippen molar-refractivity contribution in [3.05, 3.63) is 65.7 Å². The average molecular weight is 258 g/mol. The molecular formula is C14H15BO4. The first-order valence-corrected chi connectivity index (χ1v) is 5.96.